The summed E-state index contributed by atoms with van der Waals surface area (Å²) >= 11 is 0. The number of nitrogens with zero attached hydrogens (tertiary/aromatic N) is 1. The van der Waals surface area contributed by atoms with Gasteiger partial charge in [-0.1, -0.05) is 31.0 Å². The van der Waals surface area contributed by atoms with Gasteiger partial charge < -0.3 is 15.4 Å². The van der Waals surface area contributed by atoms with Gasteiger partial charge in [-0.3, -0.25) is 4.79 Å². The maximum Gasteiger partial charge on any atom is 0.242 e. The van der Waals surface area contributed by atoms with Crippen LogP contribution < -0.4 is 10.5 Å². The lowest BCUT2D eigenvalue weighted by atomic mass is 9.95. The number of nitrogens with two attached hydrogens (primary N) is 1. The summed E-state index contributed by atoms with van der Waals surface area (Å²) in [5.41, 5.74) is 5.68. The van der Waals surface area contributed by atoms with Gasteiger partial charge in [0, 0.05) is 25.9 Å². The summed E-state index contributed by atoms with van der Waals surface area (Å²) in [6, 6.07) is 9.89. The van der Waals surface area contributed by atoms with Crippen molar-refractivity contribution >= 4 is 5.91 Å². The Morgan fingerprint density at radius 2 is 1.76 bits per heavy atom. The van der Waals surface area contributed by atoms with Gasteiger partial charge in [0.1, 0.15) is 11.9 Å². The summed E-state index contributed by atoms with van der Waals surface area (Å²) in [6.07, 6.45) is 5.81. The Morgan fingerprint density at radius 1 is 1.14 bits per heavy atom. The van der Waals surface area contributed by atoms with E-state index in [0.29, 0.717) is 0 Å². The molecule has 1 saturated carbocycles. The van der Waals surface area contributed by atoms with Gasteiger partial charge in [-0.2, -0.15) is 0 Å². The lowest BCUT2D eigenvalue weighted by Gasteiger charge is -2.36. The first-order chi connectivity index (χ1) is 10.2. The summed E-state index contributed by atoms with van der Waals surface area (Å²) in [7, 11) is 0. The minimum atomic E-state index is -0.590. The number of hydrogen-bond donors (Lipinski definition) is 1. The molecule has 1 saturated heterocycles. The lowest BCUT2D eigenvalue weighted by Crippen LogP contribution is -2.56. The maximum absolute atomic E-state index is 12.5. The highest BCUT2D eigenvalue weighted by molar-refractivity contribution is 5.86. The fourth-order valence-electron chi connectivity index (χ4n) is 3.40. The average molecular weight is 288 g/mol. The molecule has 1 aliphatic heterocycles. The third-order valence-corrected chi connectivity index (χ3v) is 4.70. The van der Waals surface area contributed by atoms with Crippen LogP contribution in [0.5, 0.6) is 5.75 Å². The van der Waals surface area contributed by atoms with Crippen molar-refractivity contribution in [2.45, 2.75) is 50.2 Å². The molecule has 1 aliphatic carbocycles. The third-order valence-electron chi connectivity index (χ3n) is 4.70. The topological polar surface area (TPSA) is 55.6 Å². The summed E-state index contributed by atoms with van der Waals surface area (Å²) < 4.78 is 5.96. The van der Waals surface area contributed by atoms with Crippen LogP contribution in [0.4, 0.5) is 0 Å². The van der Waals surface area contributed by atoms with Crippen LogP contribution in [0.1, 0.15) is 38.5 Å². The van der Waals surface area contributed by atoms with Crippen LogP contribution in [0, 0.1) is 0 Å². The van der Waals surface area contributed by atoms with Crippen molar-refractivity contribution in [3.63, 3.8) is 0 Å². The van der Waals surface area contributed by atoms with E-state index in [0.717, 1.165) is 57.4 Å². The highest BCUT2D eigenvalue weighted by atomic mass is 16.5. The predicted octanol–water partition coefficient (Wildman–Crippen LogP) is 2.33. The van der Waals surface area contributed by atoms with Gasteiger partial charge in [0.2, 0.25) is 5.91 Å². The monoisotopic (exact) mass is 288 g/mol. The Hall–Kier alpha value is -1.55. The fourth-order valence-corrected chi connectivity index (χ4v) is 3.40. The van der Waals surface area contributed by atoms with Crippen LogP contribution in [-0.4, -0.2) is 35.5 Å². The SMILES string of the molecule is NC1(C(=O)N2CCC(Oc3ccccc3)CC2)CCCC1. The molecule has 1 aromatic carbocycles. The second-order valence-electron chi connectivity index (χ2n) is 6.29. The smallest absolute Gasteiger partial charge is 0.242 e. The second kappa shape index (κ2) is 6.06. The van der Waals surface area contributed by atoms with Crippen LogP contribution in [0.15, 0.2) is 30.3 Å². The molecule has 4 nitrogen and oxygen atoms in total. The molecule has 4 heteroatoms. The van der Waals surface area contributed by atoms with Gasteiger partial charge in [0.15, 0.2) is 0 Å². The highest BCUT2D eigenvalue weighted by Crippen LogP contribution is 2.30. The average Bonchev–Trinajstić information content (AvgIpc) is 2.96. The number of piperidine rings is 1. The first-order valence-electron chi connectivity index (χ1n) is 7.97. The number of para-hydroxylation sites is 1. The zero-order valence-electron chi connectivity index (χ0n) is 12.5. The Bertz CT molecular complexity index is 475. The van der Waals surface area contributed by atoms with Crippen molar-refractivity contribution < 1.29 is 9.53 Å². The lowest BCUT2D eigenvalue weighted by molar-refractivity contribution is -0.138. The predicted molar refractivity (Wildman–Crippen MR) is 82.1 cm³/mol. The van der Waals surface area contributed by atoms with E-state index in [9.17, 15) is 4.79 Å². The number of benzene rings is 1. The molecule has 114 valence electrons. The summed E-state index contributed by atoms with van der Waals surface area (Å²) in [6.45, 7) is 1.52. The molecule has 2 aliphatic rings. The van der Waals surface area contributed by atoms with E-state index < -0.39 is 5.54 Å². The first kappa shape index (κ1) is 14.4. The molecule has 1 aromatic rings. The van der Waals surface area contributed by atoms with E-state index in [2.05, 4.69) is 0 Å². The molecule has 0 unspecified atom stereocenters. The van der Waals surface area contributed by atoms with Crippen molar-refractivity contribution in [3.8, 4) is 5.75 Å². The van der Waals surface area contributed by atoms with E-state index in [-0.39, 0.29) is 12.0 Å². The van der Waals surface area contributed by atoms with Gasteiger partial charge in [0.25, 0.3) is 0 Å². The summed E-state index contributed by atoms with van der Waals surface area (Å²) in [4.78, 5) is 14.5. The minimum Gasteiger partial charge on any atom is -0.490 e. The van der Waals surface area contributed by atoms with Crippen LogP contribution in [0.2, 0.25) is 0 Å². The number of rotatable bonds is 3. The third kappa shape index (κ3) is 3.21. The number of likely N-dealkylation sites (tertiary alicyclic amines) is 1. The van der Waals surface area contributed by atoms with Gasteiger partial charge in [0.05, 0.1) is 5.54 Å². The van der Waals surface area contributed by atoms with E-state index >= 15 is 0 Å². The first-order valence-corrected chi connectivity index (χ1v) is 7.97. The highest BCUT2D eigenvalue weighted by Gasteiger charge is 2.40. The molecule has 3 rings (SSSR count). The van der Waals surface area contributed by atoms with Crippen molar-refractivity contribution in [2.75, 3.05) is 13.1 Å². The van der Waals surface area contributed by atoms with Gasteiger partial charge in [-0.15, -0.1) is 0 Å². The summed E-state index contributed by atoms with van der Waals surface area (Å²) in [5.74, 6) is 1.06. The maximum atomic E-state index is 12.5. The van der Waals surface area contributed by atoms with Gasteiger partial charge in [-0.25, -0.2) is 0 Å². The second-order valence-corrected chi connectivity index (χ2v) is 6.29. The van der Waals surface area contributed by atoms with Gasteiger partial charge in [-0.05, 0) is 25.0 Å². The standard InChI is InChI=1S/C17H24N2O2/c18-17(10-4-5-11-17)16(20)19-12-8-15(9-13-19)21-14-6-2-1-3-7-14/h1-3,6-7,15H,4-5,8-13,18H2. The van der Waals surface area contributed by atoms with Crippen molar-refractivity contribution in [1.29, 1.82) is 0 Å². The van der Waals surface area contributed by atoms with Crippen molar-refractivity contribution in [1.82, 2.24) is 4.90 Å². The van der Waals surface area contributed by atoms with Crippen LogP contribution in [0.25, 0.3) is 0 Å². The Morgan fingerprint density at radius 3 is 2.38 bits per heavy atom. The largest absolute Gasteiger partial charge is 0.490 e. The molecule has 21 heavy (non-hydrogen) atoms. The minimum absolute atomic E-state index is 0.151. The number of amides is 1. The number of ether oxygens (including phenoxy) is 1. The van der Waals surface area contributed by atoms with Gasteiger partial charge >= 0.3 is 0 Å². The van der Waals surface area contributed by atoms with Crippen LogP contribution in [0.3, 0.4) is 0 Å². The Labute approximate surface area is 126 Å². The number of hydrogen-bond acceptors (Lipinski definition) is 3. The molecule has 0 aromatic heterocycles. The number of carbonyl (C=O) groups is 1. The summed E-state index contributed by atoms with van der Waals surface area (Å²) in [5, 5.41) is 0. The zero-order valence-corrected chi connectivity index (χ0v) is 12.5. The van der Waals surface area contributed by atoms with E-state index in [1.165, 1.54) is 0 Å². The molecular weight excluding hydrogens is 264 g/mol. The molecular formula is C17H24N2O2. The van der Waals surface area contributed by atoms with Crippen LogP contribution in [-0.2, 0) is 4.79 Å². The normalized spacial score (nSPS) is 22.2. The molecule has 1 amide bonds. The molecule has 2 N–H and O–H groups in total. The van der Waals surface area contributed by atoms with E-state index in [1.807, 2.05) is 35.2 Å². The molecule has 1 heterocycles. The number of carbonyl (C=O) groups excluding carboxylic acids is 1. The fraction of sp³-hybridized carbons (Fsp3) is 0.588. The quantitative estimate of drug-likeness (QED) is 0.928. The zero-order chi connectivity index (χ0) is 14.7. The van der Waals surface area contributed by atoms with E-state index in [1.54, 1.807) is 0 Å². The van der Waals surface area contributed by atoms with Crippen molar-refractivity contribution in [3.05, 3.63) is 30.3 Å². The molecule has 0 radical (unpaired) electrons. The molecule has 0 bridgehead atoms. The Kier molecular flexibility index (Phi) is 4.15. The molecule has 0 atom stereocenters. The molecule has 0 spiro atoms. The van der Waals surface area contributed by atoms with Crippen molar-refractivity contribution in [2.24, 2.45) is 5.73 Å². The molecule has 2 fully saturated rings. The Balaban J connectivity index is 1.52. The van der Waals surface area contributed by atoms with E-state index in [4.69, 9.17) is 10.5 Å². The van der Waals surface area contributed by atoms with Crippen LogP contribution >= 0.6 is 0 Å².